The Balaban J connectivity index is 1.74. The highest BCUT2D eigenvalue weighted by Gasteiger charge is 1.94. The molecule has 17 heavy (non-hydrogen) atoms. The summed E-state index contributed by atoms with van der Waals surface area (Å²) in [6.07, 6.45) is 8.86. The minimum atomic E-state index is 0.982. The summed E-state index contributed by atoms with van der Waals surface area (Å²) in [5, 5.41) is 3.43. The van der Waals surface area contributed by atoms with Crippen LogP contribution in [0.25, 0.3) is 0 Å². The van der Waals surface area contributed by atoms with Crippen molar-refractivity contribution >= 4 is 17.4 Å². The van der Waals surface area contributed by atoms with Gasteiger partial charge in [0, 0.05) is 36.1 Å². The lowest BCUT2D eigenvalue weighted by Crippen LogP contribution is -2.05. The monoisotopic (exact) mass is 247 g/mol. The zero-order chi connectivity index (χ0) is 11.9. The van der Waals surface area contributed by atoms with Gasteiger partial charge in [-0.1, -0.05) is 6.07 Å². The first-order valence-corrected chi connectivity index (χ1v) is 6.94. The highest BCUT2D eigenvalue weighted by molar-refractivity contribution is 7.98. The molecule has 0 aliphatic rings. The number of nitrogens with zero attached hydrogens (tertiary/aromatic N) is 2. The van der Waals surface area contributed by atoms with E-state index in [-0.39, 0.29) is 0 Å². The summed E-state index contributed by atoms with van der Waals surface area (Å²) in [5.41, 5.74) is 1.20. The molecule has 1 aromatic carbocycles. The van der Waals surface area contributed by atoms with E-state index in [4.69, 9.17) is 0 Å². The Kier molecular flexibility index (Phi) is 4.50. The van der Waals surface area contributed by atoms with E-state index in [1.165, 1.54) is 10.6 Å². The maximum atomic E-state index is 4.02. The molecule has 0 spiro atoms. The molecule has 4 heteroatoms. The number of hydrogen-bond acceptors (Lipinski definition) is 3. The fraction of sp³-hybridized carbons (Fsp3) is 0.308. The van der Waals surface area contributed by atoms with Crippen LogP contribution < -0.4 is 5.32 Å². The lowest BCUT2D eigenvalue weighted by atomic mass is 10.3. The van der Waals surface area contributed by atoms with E-state index in [0.29, 0.717) is 0 Å². The van der Waals surface area contributed by atoms with Crippen molar-refractivity contribution in [2.75, 3.05) is 18.1 Å². The van der Waals surface area contributed by atoms with Crippen LogP contribution in [0.1, 0.15) is 6.42 Å². The number of nitrogens with one attached hydrogen (secondary N) is 1. The molecule has 0 aliphatic heterocycles. The molecule has 0 fully saturated rings. The normalized spacial score (nSPS) is 10.4. The molecule has 1 N–H and O–H groups in total. The molecule has 90 valence electrons. The van der Waals surface area contributed by atoms with Crippen LogP contribution in [-0.2, 0) is 6.54 Å². The Morgan fingerprint density at radius 2 is 2.35 bits per heavy atom. The summed E-state index contributed by atoms with van der Waals surface area (Å²) in [7, 11) is 0. The number of rotatable bonds is 6. The van der Waals surface area contributed by atoms with Crippen LogP contribution in [0.4, 0.5) is 5.69 Å². The van der Waals surface area contributed by atoms with Gasteiger partial charge < -0.3 is 9.88 Å². The molecule has 2 rings (SSSR count). The van der Waals surface area contributed by atoms with Gasteiger partial charge in [-0.3, -0.25) is 0 Å². The van der Waals surface area contributed by atoms with Gasteiger partial charge >= 0.3 is 0 Å². The first-order chi connectivity index (χ1) is 8.38. The van der Waals surface area contributed by atoms with Gasteiger partial charge in [0.15, 0.2) is 0 Å². The Morgan fingerprint density at radius 1 is 1.41 bits per heavy atom. The maximum absolute atomic E-state index is 4.02. The third-order valence-corrected chi connectivity index (χ3v) is 3.28. The molecule has 0 radical (unpaired) electrons. The second kappa shape index (κ2) is 6.35. The van der Waals surface area contributed by atoms with Gasteiger partial charge in [0.25, 0.3) is 0 Å². The zero-order valence-electron chi connectivity index (χ0n) is 9.97. The highest BCUT2D eigenvalue weighted by Crippen LogP contribution is 2.18. The summed E-state index contributed by atoms with van der Waals surface area (Å²) in [6.45, 7) is 1.99. The Morgan fingerprint density at radius 3 is 3.12 bits per heavy atom. The third kappa shape index (κ3) is 3.82. The molecule has 1 aromatic heterocycles. The fourth-order valence-electron chi connectivity index (χ4n) is 1.65. The maximum Gasteiger partial charge on any atom is 0.0945 e. The molecule has 1 heterocycles. The smallest absolute Gasteiger partial charge is 0.0945 e. The van der Waals surface area contributed by atoms with Crippen molar-refractivity contribution in [3.05, 3.63) is 43.0 Å². The minimum absolute atomic E-state index is 0.982. The molecule has 0 unspecified atom stereocenters. The standard InChI is InChI=1S/C13H17N3S/c1-17-13-5-2-4-12(10-13)15-6-3-8-16-9-7-14-11-16/h2,4-5,7,9-11,15H,3,6,8H2,1H3. The number of thioether (sulfide) groups is 1. The molecular weight excluding hydrogens is 230 g/mol. The predicted molar refractivity (Wildman–Crippen MR) is 73.6 cm³/mol. The summed E-state index contributed by atoms with van der Waals surface area (Å²) in [5.74, 6) is 0. The number of benzene rings is 1. The van der Waals surface area contributed by atoms with Crippen molar-refractivity contribution in [2.45, 2.75) is 17.9 Å². The first kappa shape index (κ1) is 12.0. The lowest BCUT2D eigenvalue weighted by molar-refractivity contribution is 0.661. The van der Waals surface area contributed by atoms with Gasteiger partial charge in [-0.25, -0.2) is 4.98 Å². The Labute approximate surface area is 106 Å². The molecule has 0 aliphatic carbocycles. The molecule has 0 saturated carbocycles. The molecule has 2 aromatic rings. The summed E-state index contributed by atoms with van der Waals surface area (Å²) < 4.78 is 2.10. The molecule has 0 amide bonds. The van der Waals surface area contributed by atoms with Crippen LogP contribution in [0.15, 0.2) is 47.9 Å². The van der Waals surface area contributed by atoms with Gasteiger partial charge in [-0.2, -0.15) is 0 Å². The second-order valence-electron chi connectivity index (χ2n) is 3.81. The van der Waals surface area contributed by atoms with Gasteiger partial charge in [-0.15, -0.1) is 11.8 Å². The van der Waals surface area contributed by atoms with Gasteiger partial charge in [0.1, 0.15) is 0 Å². The predicted octanol–water partition coefficient (Wildman–Crippen LogP) is 3.11. The van der Waals surface area contributed by atoms with Crippen LogP contribution in [0.3, 0.4) is 0 Å². The van der Waals surface area contributed by atoms with Gasteiger partial charge in [0.05, 0.1) is 6.33 Å². The number of hydrogen-bond donors (Lipinski definition) is 1. The molecule has 0 saturated heterocycles. The van der Waals surface area contributed by atoms with Crippen LogP contribution in [0.5, 0.6) is 0 Å². The molecule has 0 atom stereocenters. The first-order valence-electron chi connectivity index (χ1n) is 5.72. The number of anilines is 1. The van der Waals surface area contributed by atoms with E-state index in [0.717, 1.165) is 19.5 Å². The van der Waals surface area contributed by atoms with E-state index >= 15 is 0 Å². The molecular formula is C13H17N3S. The average Bonchev–Trinajstić information content (AvgIpc) is 2.88. The quantitative estimate of drug-likeness (QED) is 0.628. The van der Waals surface area contributed by atoms with E-state index in [1.54, 1.807) is 11.8 Å². The summed E-state index contributed by atoms with van der Waals surface area (Å²) in [6, 6.07) is 8.50. The van der Waals surface area contributed by atoms with Gasteiger partial charge in [0.2, 0.25) is 0 Å². The van der Waals surface area contributed by atoms with Crippen LogP contribution in [0, 0.1) is 0 Å². The van der Waals surface area contributed by atoms with Crippen molar-refractivity contribution in [1.29, 1.82) is 0 Å². The zero-order valence-corrected chi connectivity index (χ0v) is 10.8. The minimum Gasteiger partial charge on any atom is -0.385 e. The van der Waals surface area contributed by atoms with E-state index in [2.05, 4.69) is 45.4 Å². The molecule has 0 bridgehead atoms. The van der Waals surface area contributed by atoms with Crippen molar-refractivity contribution in [2.24, 2.45) is 0 Å². The van der Waals surface area contributed by atoms with E-state index in [1.807, 2.05) is 18.7 Å². The SMILES string of the molecule is CSc1cccc(NCCCn2ccnc2)c1. The van der Waals surface area contributed by atoms with Crippen molar-refractivity contribution in [1.82, 2.24) is 9.55 Å². The van der Waals surface area contributed by atoms with Crippen molar-refractivity contribution in [3.63, 3.8) is 0 Å². The van der Waals surface area contributed by atoms with Crippen molar-refractivity contribution < 1.29 is 0 Å². The second-order valence-corrected chi connectivity index (χ2v) is 4.69. The van der Waals surface area contributed by atoms with Crippen LogP contribution in [0.2, 0.25) is 0 Å². The number of aryl methyl sites for hydroxylation is 1. The molecule has 3 nitrogen and oxygen atoms in total. The number of aromatic nitrogens is 2. The van der Waals surface area contributed by atoms with Gasteiger partial charge in [-0.05, 0) is 30.9 Å². The van der Waals surface area contributed by atoms with E-state index in [9.17, 15) is 0 Å². The van der Waals surface area contributed by atoms with Crippen LogP contribution in [-0.4, -0.2) is 22.4 Å². The highest BCUT2D eigenvalue weighted by atomic mass is 32.2. The number of imidazole rings is 1. The fourth-order valence-corrected chi connectivity index (χ4v) is 2.11. The Hall–Kier alpha value is -1.42. The average molecular weight is 247 g/mol. The van der Waals surface area contributed by atoms with E-state index < -0.39 is 0 Å². The van der Waals surface area contributed by atoms with Crippen molar-refractivity contribution in [3.8, 4) is 0 Å². The Bertz CT molecular complexity index is 440. The topological polar surface area (TPSA) is 29.9 Å². The summed E-state index contributed by atoms with van der Waals surface area (Å²) in [4.78, 5) is 5.32. The van der Waals surface area contributed by atoms with Crippen LogP contribution >= 0.6 is 11.8 Å². The third-order valence-electron chi connectivity index (χ3n) is 2.55. The lowest BCUT2D eigenvalue weighted by Gasteiger charge is -2.07. The largest absolute Gasteiger partial charge is 0.385 e. The summed E-state index contributed by atoms with van der Waals surface area (Å²) >= 11 is 1.77.